The van der Waals surface area contributed by atoms with Crippen LogP contribution in [0.15, 0.2) is 57.4 Å². The summed E-state index contributed by atoms with van der Waals surface area (Å²) < 4.78 is 0. The molecular formula is C17H15N3O2S. The third kappa shape index (κ3) is 4.59. The first-order chi connectivity index (χ1) is 11.0. The molecule has 0 radical (unpaired) electrons. The molecule has 23 heavy (non-hydrogen) atoms. The zero-order valence-electron chi connectivity index (χ0n) is 12.7. The molecule has 0 atom stereocenters. The van der Waals surface area contributed by atoms with E-state index in [1.54, 1.807) is 19.1 Å². The molecular weight excluding hydrogens is 310 g/mol. The molecule has 2 rings (SSSR count). The Bertz CT molecular complexity index is 792. The first-order valence-electron chi connectivity index (χ1n) is 6.79. The minimum absolute atomic E-state index is 0.455. The molecule has 2 aromatic rings. The van der Waals surface area contributed by atoms with Crippen LogP contribution in [-0.4, -0.2) is 11.7 Å². The molecule has 116 valence electrons. The normalized spacial score (nSPS) is 10.9. The fourth-order valence-corrected chi connectivity index (χ4v) is 2.68. The van der Waals surface area contributed by atoms with Crippen LogP contribution >= 0.6 is 11.8 Å². The van der Waals surface area contributed by atoms with Crippen LogP contribution in [0.3, 0.4) is 0 Å². The van der Waals surface area contributed by atoms with Crippen molar-refractivity contribution >= 4 is 29.1 Å². The van der Waals surface area contributed by atoms with E-state index >= 15 is 0 Å². The highest BCUT2D eigenvalue weighted by Gasteiger charge is 2.06. The van der Waals surface area contributed by atoms with E-state index in [2.05, 4.69) is 16.1 Å². The van der Waals surface area contributed by atoms with Gasteiger partial charge in [-0.15, -0.1) is 0 Å². The van der Waals surface area contributed by atoms with E-state index < -0.39 is 5.97 Å². The topological polar surface area (TPSA) is 88.5 Å². The number of rotatable bonds is 4. The van der Waals surface area contributed by atoms with Crippen molar-refractivity contribution in [3.8, 4) is 6.07 Å². The summed E-state index contributed by atoms with van der Waals surface area (Å²) in [6.45, 7) is 3.06. The molecule has 6 heteroatoms. The number of nitriles is 1. The van der Waals surface area contributed by atoms with Crippen molar-refractivity contribution in [2.45, 2.75) is 23.6 Å². The van der Waals surface area contributed by atoms with E-state index in [1.165, 1.54) is 18.7 Å². The summed E-state index contributed by atoms with van der Waals surface area (Å²) in [7, 11) is 0. The maximum atomic E-state index is 10.8. The molecule has 0 aliphatic carbocycles. The Labute approximate surface area is 138 Å². The monoisotopic (exact) mass is 325 g/mol. The highest BCUT2D eigenvalue weighted by atomic mass is 32.2. The molecule has 0 aromatic heterocycles. The van der Waals surface area contributed by atoms with E-state index in [0.29, 0.717) is 17.0 Å². The highest BCUT2D eigenvalue weighted by molar-refractivity contribution is 7.99. The Hall–Kier alpha value is -2.78. The molecule has 2 N–H and O–H groups in total. The smallest absolute Gasteiger partial charge is 0.331 e. The van der Waals surface area contributed by atoms with Gasteiger partial charge in [-0.1, -0.05) is 29.1 Å². The standard InChI is InChI=1S/C17H15N3O2S/c1-11(20-22-12(2)21)13-3-6-16(7-4-13)23-17-8-5-15(19)9-14(17)10-18/h3-9H,19H2,1-2H3/b20-11+. The van der Waals surface area contributed by atoms with Crippen molar-refractivity contribution in [3.63, 3.8) is 0 Å². The maximum absolute atomic E-state index is 10.8. The Morgan fingerprint density at radius 2 is 1.91 bits per heavy atom. The Kier molecular flexibility index (Phi) is 5.39. The molecule has 0 aliphatic heterocycles. The van der Waals surface area contributed by atoms with Crippen molar-refractivity contribution in [2.75, 3.05) is 5.73 Å². The lowest BCUT2D eigenvalue weighted by molar-refractivity contribution is -0.140. The van der Waals surface area contributed by atoms with Crippen molar-refractivity contribution in [1.82, 2.24) is 0 Å². The lowest BCUT2D eigenvalue weighted by atomic mass is 10.1. The van der Waals surface area contributed by atoms with Crippen molar-refractivity contribution in [2.24, 2.45) is 5.16 Å². The SMILES string of the molecule is CC(=O)O/N=C(\C)c1ccc(Sc2ccc(N)cc2C#N)cc1. The number of carbonyl (C=O) groups is 1. The molecule has 0 saturated heterocycles. The number of nitrogens with two attached hydrogens (primary N) is 1. The molecule has 0 amide bonds. The predicted molar refractivity (Wildman–Crippen MR) is 90.1 cm³/mol. The summed E-state index contributed by atoms with van der Waals surface area (Å²) in [6, 6.07) is 15.0. The Balaban J connectivity index is 2.16. The van der Waals surface area contributed by atoms with Gasteiger partial charge in [0.1, 0.15) is 6.07 Å². The van der Waals surface area contributed by atoms with Gasteiger partial charge in [0.05, 0.1) is 11.3 Å². The van der Waals surface area contributed by atoms with Gasteiger partial charge in [0, 0.05) is 22.4 Å². The van der Waals surface area contributed by atoms with Gasteiger partial charge in [-0.2, -0.15) is 5.26 Å². The number of hydrogen-bond donors (Lipinski definition) is 1. The summed E-state index contributed by atoms with van der Waals surface area (Å²) in [5.41, 5.74) is 8.27. The van der Waals surface area contributed by atoms with E-state index in [0.717, 1.165) is 15.4 Å². The van der Waals surface area contributed by atoms with E-state index in [9.17, 15) is 4.79 Å². The molecule has 0 bridgehead atoms. The quantitative estimate of drug-likeness (QED) is 0.402. The van der Waals surface area contributed by atoms with Gasteiger partial charge in [0.25, 0.3) is 0 Å². The number of benzene rings is 2. The van der Waals surface area contributed by atoms with Crippen LogP contribution in [0.4, 0.5) is 5.69 Å². The minimum atomic E-state index is -0.455. The maximum Gasteiger partial charge on any atom is 0.331 e. The van der Waals surface area contributed by atoms with Gasteiger partial charge in [0.15, 0.2) is 0 Å². The van der Waals surface area contributed by atoms with Gasteiger partial charge in [-0.25, -0.2) is 4.79 Å². The third-order valence-corrected chi connectivity index (χ3v) is 4.02. The van der Waals surface area contributed by atoms with Crippen LogP contribution in [0.25, 0.3) is 0 Å². The fraction of sp³-hybridized carbons (Fsp3) is 0.118. The van der Waals surface area contributed by atoms with Crippen LogP contribution in [0.1, 0.15) is 25.0 Å². The summed E-state index contributed by atoms with van der Waals surface area (Å²) in [4.78, 5) is 17.2. The summed E-state index contributed by atoms with van der Waals surface area (Å²) >= 11 is 1.48. The molecule has 2 aromatic carbocycles. The Morgan fingerprint density at radius 3 is 2.52 bits per heavy atom. The van der Waals surface area contributed by atoms with Gasteiger partial charge >= 0.3 is 5.97 Å². The van der Waals surface area contributed by atoms with Gasteiger partial charge in [0.2, 0.25) is 0 Å². The van der Waals surface area contributed by atoms with Gasteiger partial charge in [-0.3, -0.25) is 0 Å². The molecule has 5 nitrogen and oxygen atoms in total. The number of nitrogen functional groups attached to an aromatic ring is 1. The lowest BCUT2D eigenvalue weighted by Crippen LogP contribution is -1.99. The summed E-state index contributed by atoms with van der Waals surface area (Å²) in [6.07, 6.45) is 0. The fourth-order valence-electron chi connectivity index (χ4n) is 1.80. The van der Waals surface area contributed by atoms with Crippen LogP contribution < -0.4 is 5.73 Å². The van der Waals surface area contributed by atoms with Crippen molar-refractivity contribution in [3.05, 3.63) is 53.6 Å². The first-order valence-corrected chi connectivity index (χ1v) is 7.61. The lowest BCUT2D eigenvalue weighted by Gasteiger charge is -2.06. The number of nitrogens with zero attached hydrogens (tertiary/aromatic N) is 2. The number of carbonyl (C=O) groups excluding carboxylic acids is 1. The van der Waals surface area contributed by atoms with Crippen LogP contribution in [0.2, 0.25) is 0 Å². The Morgan fingerprint density at radius 1 is 1.22 bits per heavy atom. The molecule has 0 unspecified atom stereocenters. The zero-order chi connectivity index (χ0) is 16.8. The predicted octanol–water partition coefficient (Wildman–Crippen LogP) is 3.58. The number of hydrogen-bond acceptors (Lipinski definition) is 6. The van der Waals surface area contributed by atoms with Crippen LogP contribution in [-0.2, 0) is 9.63 Å². The third-order valence-electron chi connectivity index (χ3n) is 2.94. The highest BCUT2D eigenvalue weighted by Crippen LogP contribution is 2.31. The van der Waals surface area contributed by atoms with Crippen molar-refractivity contribution in [1.29, 1.82) is 5.26 Å². The minimum Gasteiger partial charge on any atom is -0.399 e. The molecule has 0 aliphatic rings. The molecule has 0 saturated carbocycles. The average Bonchev–Trinajstić information content (AvgIpc) is 2.54. The number of anilines is 1. The van der Waals surface area contributed by atoms with Gasteiger partial charge < -0.3 is 10.6 Å². The second-order valence-electron chi connectivity index (χ2n) is 4.75. The van der Waals surface area contributed by atoms with E-state index in [1.807, 2.05) is 30.3 Å². The number of oxime groups is 1. The first kappa shape index (κ1) is 16.6. The van der Waals surface area contributed by atoms with E-state index in [4.69, 9.17) is 11.0 Å². The van der Waals surface area contributed by atoms with Crippen LogP contribution in [0, 0.1) is 11.3 Å². The van der Waals surface area contributed by atoms with Gasteiger partial charge in [-0.05, 0) is 42.8 Å². The molecule has 0 fully saturated rings. The average molecular weight is 325 g/mol. The summed E-state index contributed by atoms with van der Waals surface area (Å²) in [5.74, 6) is -0.455. The zero-order valence-corrected chi connectivity index (χ0v) is 13.6. The second kappa shape index (κ2) is 7.47. The molecule has 0 spiro atoms. The van der Waals surface area contributed by atoms with Crippen molar-refractivity contribution < 1.29 is 9.63 Å². The van der Waals surface area contributed by atoms with E-state index in [-0.39, 0.29) is 0 Å². The molecule has 0 heterocycles. The summed E-state index contributed by atoms with van der Waals surface area (Å²) in [5, 5.41) is 12.9. The largest absolute Gasteiger partial charge is 0.399 e. The van der Waals surface area contributed by atoms with Crippen LogP contribution in [0.5, 0.6) is 0 Å². The second-order valence-corrected chi connectivity index (χ2v) is 5.87.